The van der Waals surface area contributed by atoms with Crippen molar-refractivity contribution in [3.05, 3.63) is 45.9 Å². The van der Waals surface area contributed by atoms with Crippen LogP contribution in [0.5, 0.6) is 5.75 Å². The Morgan fingerprint density at radius 3 is 3.12 bits per heavy atom. The van der Waals surface area contributed by atoms with E-state index in [1.807, 2.05) is 36.2 Å². The Morgan fingerprint density at radius 1 is 1.50 bits per heavy atom. The van der Waals surface area contributed by atoms with E-state index in [2.05, 4.69) is 16.4 Å². The van der Waals surface area contributed by atoms with E-state index in [0.717, 1.165) is 42.1 Å². The van der Waals surface area contributed by atoms with Crippen molar-refractivity contribution in [3.8, 4) is 5.75 Å². The Hall–Kier alpha value is -2.08. The second-order valence-electron chi connectivity index (χ2n) is 5.97. The number of hydrogen-bond acceptors (Lipinski definition) is 4. The van der Waals surface area contributed by atoms with E-state index < -0.39 is 0 Å². The van der Waals surface area contributed by atoms with E-state index in [0.29, 0.717) is 6.54 Å². The topological polar surface area (TPSA) is 54.5 Å². The van der Waals surface area contributed by atoms with Crippen LogP contribution < -0.4 is 10.1 Å². The first kappa shape index (κ1) is 16.8. The van der Waals surface area contributed by atoms with Gasteiger partial charge < -0.3 is 15.0 Å². The molecule has 1 aliphatic rings. The van der Waals surface area contributed by atoms with Crippen molar-refractivity contribution in [1.82, 2.24) is 15.2 Å². The lowest BCUT2D eigenvalue weighted by Crippen LogP contribution is -2.40. The number of carbonyl (C=O) groups is 1. The van der Waals surface area contributed by atoms with Gasteiger partial charge in [-0.3, -0.25) is 0 Å². The Bertz CT molecular complexity index is 701. The minimum atomic E-state index is 0.00796. The van der Waals surface area contributed by atoms with Crippen LogP contribution in [0.15, 0.2) is 30.5 Å². The van der Waals surface area contributed by atoms with Crippen molar-refractivity contribution >= 4 is 17.4 Å². The van der Waals surface area contributed by atoms with Gasteiger partial charge in [-0.15, -0.1) is 11.3 Å². The molecule has 0 unspecified atom stereocenters. The minimum absolute atomic E-state index is 0.00796. The summed E-state index contributed by atoms with van der Waals surface area (Å²) in [6.07, 6.45) is 4.68. The van der Waals surface area contributed by atoms with Crippen molar-refractivity contribution in [2.24, 2.45) is 0 Å². The van der Waals surface area contributed by atoms with Crippen LogP contribution in [0.4, 0.5) is 4.79 Å². The normalized spacial score (nSPS) is 17.1. The Morgan fingerprint density at radius 2 is 2.38 bits per heavy atom. The molecule has 1 N–H and O–H groups in total. The average molecular weight is 345 g/mol. The van der Waals surface area contributed by atoms with Crippen molar-refractivity contribution in [2.45, 2.75) is 32.2 Å². The summed E-state index contributed by atoms with van der Waals surface area (Å²) in [6.45, 7) is 3.46. The summed E-state index contributed by atoms with van der Waals surface area (Å²) in [7, 11) is 1.67. The highest BCUT2D eigenvalue weighted by Crippen LogP contribution is 2.33. The number of methoxy groups -OCH3 is 1. The number of hydrogen-bond donors (Lipinski definition) is 1. The number of ether oxygens (including phenoxy) is 1. The van der Waals surface area contributed by atoms with Gasteiger partial charge in [0.15, 0.2) is 0 Å². The van der Waals surface area contributed by atoms with E-state index in [9.17, 15) is 4.79 Å². The zero-order valence-corrected chi connectivity index (χ0v) is 14.9. The molecule has 0 radical (unpaired) electrons. The molecule has 1 aliphatic heterocycles. The van der Waals surface area contributed by atoms with Crippen molar-refractivity contribution in [3.63, 3.8) is 0 Å². The Balaban J connectivity index is 1.58. The van der Waals surface area contributed by atoms with Crippen molar-refractivity contribution < 1.29 is 9.53 Å². The third-order valence-corrected chi connectivity index (χ3v) is 5.25. The molecule has 0 bridgehead atoms. The predicted octanol–water partition coefficient (Wildman–Crippen LogP) is 3.55. The number of nitrogens with one attached hydrogen (secondary N) is 1. The van der Waals surface area contributed by atoms with E-state index in [1.165, 1.54) is 4.88 Å². The Labute approximate surface area is 146 Å². The summed E-state index contributed by atoms with van der Waals surface area (Å²) in [5.41, 5.74) is 1.14. The first-order valence-corrected chi connectivity index (χ1v) is 9.09. The second-order valence-corrected chi connectivity index (χ2v) is 7.29. The number of urea groups is 1. The van der Waals surface area contributed by atoms with Gasteiger partial charge in [-0.05, 0) is 37.5 Å². The third-order valence-electron chi connectivity index (χ3n) is 4.28. The van der Waals surface area contributed by atoms with Crippen LogP contribution in [0.25, 0.3) is 0 Å². The van der Waals surface area contributed by atoms with Gasteiger partial charge in [0.25, 0.3) is 0 Å². The number of carbonyl (C=O) groups excluding carboxylic acids is 1. The van der Waals surface area contributed by atoms with Gasteiger partial charge in [0.1, 0.15) is 5.75 Å². The van der Waals surface area contributed by atoms with Crippen LogP contribution in [0.1, 0.15) is 34.3 Å². The molecule has 2 aromatic rings. The van der Waals surface area contributed by atoms with Gasteiger partial charge >= 0.3 is 6.03 Å². The average Bonchev–Trinajstić information content (AvgIpc) is 3.24. The van der Waals surface area contributed by atoms with Gasteiger partial charge in [0, 0.05) is 30.6 Å². The molecule has 1 atom stereocenters. The zero-order chi connectivity index (χ0) is 16.9. The predicted molar refractivity (Wildman–Crippen MR) is 95.6 cm³/mol. The lowest BCUT2D eigenvalue weighted by atomic mass is 10.0. The second kappa shape index (κ2) is 7.66. The molecule has 1 aromatic heterocycles. The van der Waals surface area contributed by atoms with Gasteiger partial charge in [0.2, 0.25) is 0 Å². The van der Waals surface area contributed by atoms with Gasteiger partial charge in [-0.2, -0.15) is 0 Å². The molecule has 6 heteroatoms. The fraction of sp³-hybridized carbons (Fsp3) is 0.444. The number of amides is 2. The first-order valence-electron chi connectivity index (χ1n) is 8.27. The molecule has 5 nitrogen and oxygen atoms in total. The lowest BCUT2D eigenvalue weighted by molar-refractivity contribution is 0.193. The first-order chi connectivity index (χ1) is 11.7. The highest BCUT2D eigenvalue weighted by Gasteiger charge is 2.29. The van der Waals surface area contributed by atoms with E-state index in [-0.39, 0.29) is 12.1 Å². The van der Waals surface area contributed by atoms with Crippen LogP contribution in [-0.2, 0) is 6.42 Å². The number of nitrogens with zero attached hydrogens (tertiary/aromatic N) is 2. The standard InChI is InChI=1S/C18H23N3O2S/c1-13-12-20-17(24-13)8-9-19-18(22)21-10-4-7-16(21)14-5-3-6-15(11-14)23-2/h3,5-6,11-12,16H,4,7-10H2,1-2H3,(H,19,22)/t16-/m1/s1. The number of rotatable bonds is 5. The molecule has 0 aliphatic carbocycles. The number of benzene rings is 1. The Kier molecular flexibility index (Phi) is 5.35. The van der Waals surface area contributed by atoms with E-state index in [4.69, 9.17) is 4.74 Å². The summed E-state index contributed by atoms with van der Waals surface area (Å²) < 4.78 is 5.30. The number of likely N-dealkylation sites (tertiary alicyclic amines) is 1. The van der Waals surface area contributed by atoms with Gasteiger partial charge in [0.05, 0.1) is 18.2 Å². The quantitative estimate of drug-likeness (QED) is 0.902. The van der Waals surface area contributed by atoms with Crippen LogP contribution >= 0.6 is 11.3 Å². The van der Waals surface area contributed by atoms with E-state index in [1.54, 1.807) is 18.4 Å². The largest absolute Gasteiger partial charge is 0.497 e. The maximum atomic E-state index is 12.5. The lowest BCUT2D eigenvalue weighted by Gasteiger charge is -2.25. The van der Waals surface area contributed by atoms with Crippen LogP contribution in [0.3, 0.4) is 0 Å². The SMILES string of the molecule is COc1cccc([C@H]2CCCN2C(=O)NCCc2ncc(C)s2)c1. The van der Waals surface area contributed by atoms with Gasteiger partial charge in [-0.25, -0.2) is 9.78 Å². The molecular weight excluding hydrogens is 322 g/mol. The fourth-order valence-electron chi connectivity index (χ4n) is 3.10. The fourth-order valence-corrected chi connectivity index (χ4v) is 3.89. The maximum Gasteiger partial charge on any atom is 0.317 e. The minimum Gasteiger partial charge on any atom is -0.497 e. The number of thiazole rings is 1. The summed E-state index contributed by atoms with van der Waals surface area (Å²) in [5.74, 6) is 0.832. The molecule has 2 heterocycles. The molecule has 128 valence electrons. The molecule has 0 spiro atoms. The third kappa shape index (κ3) is 3.87. The molecule has 24 heavy (non-hydrogen) atoms. The van der Waals surface area contributed by atoms with Crippen LogP contribution in [0, 0.1) is 6.92 Å². The zero-order valence-electron chi connectivity index (χ0n) is 14.1. The highest BCUT2D eigenvalue weighted by molar-refractivity contribution is 7.11. The van der Waals surface area contributed by atoms with Gasteiger partial charge in [-0.1, -0.05) is 12.1 Å². The molecule has 0 saturated carbocycles. The molecule has 1 fully saturated rings. The number of aromatic nitrogens is 1. The summed E-state index contributed by atoms with van der Waals surface area (Å²) in [6, 6.07) is 8.13. The smallest absolute Gasteiger partial charge is 0.317 e. The monoisotopic (exact) mass is 345 g/mol. The summed E-state index contributed by atoms with van der Waals surface area (Å²) in [4.78, 5) is 20.0. The highest BCUT2D eigenvalue weighted by atomic mass is 32.1. The molecular formula is C18H23N3O2S. The molecule has 3 rings (SSSR count). The number of aryl methyl sites for hydroxylation is 1. The molecule has 1 aromatic carbocycles. The van der Waals surface area contributed by atoms with Crippen LogP contribution in [0.2, 0.25) is 0 Å². The summed E-state index contributed by atoms with van der Waals surface area (Å²) >= 11 is 1.68. The molecule has 1 saturated heterocycles. The van der Waals surface area contributed by atoms with Crippen LogP contribution in [-0.4, -0.2) is 36.1 Å². The summed E-state index contributed by atoms with van der Waals surface area (Å²) in [5, 5.41) is 4.10. The van der Waals surface area contributed by atoms with Crippen molar-refractivity contribution in [2.75, 3.05) is 20.2 Å². The maximum absolute atomic E-state index is 12.5. The molecule has 2 amide bonds. The van der Waals surface area contributed by atoms with E-state index >= 15 is 0 Å². The van der Waals surface area contributed by atoms with Crippen molar-refractivity contribution in [1.29, 1.82) is 0 Å².